The van der Waals surface area contributed by atoms with Gasteiger partial charge in [-0.3, -0.25) is 0 Å². The number of aromatic nitrogens is 2. The number of aryl methyl sites for hydroxylation is 1. The third-order valence-corrected chi connectivity index (χ3v) is 4.52. The molecule has 0 amide bonds. The van der Waals surface area contributed by atoms with Crippen LogP contribution < -0.4 is 10.2 Å². The van der Waals surface area contributed by atoms with E-state index in [0.717, 1.165) is 38.4 Å². The van der Waals surface area contributed by atoms with Crippen molar-refractivity contribution in [2.45, 2.75) is 45.4 Å². The summed E-state index contributed by atoms with van der Waals surface area (Å²) in [5.41, 5.74) is 2.71. The maximum atomic E-state index is 4.63. The minimum atomic E-state index is 0.766. The zero-order valence-corrected chi connectivity index (χ0v) is 12.6. The molecule has 2 heterocycles. The Labute approximate surface area is 122 Å². The van der Waals surface area contributed by atoms with E-state index in [0.29, 0.717) is 0 Å². The van der Waals surface area contributed by atoms with Crippen molar-refractivity contribution in [3.8, 4) is 0 Å². The molecule has 0 spiro atoms. The molecule has 1 fully saturated rings. The number of hydrogen-bond donors (Lipinski definition) is 1. The second-order valence-electron chi connectivity index (χ2n) is 6.13. The van der Waals surface area contributed by atoms with Gasteiger partial charge in [0.05, 0.1) is 0 Å². The number of nitrogens with zero attached hydrogens (tertiary/aromatic N) is 3. The minimum absolute atomic E-state index is 0.766. The van der Waals surface area contributed by atoms with Crippen molar-refractivity contribution in [3.05, 3.63) is 17.6 Å². The molecule has 20 heavy (non-hydrogen) atoms. The molecule has 1 aromatic heterocycles. The number of piperidine rings is 1. The summed E-state index contributed by atoms with van der Waals surface area (Å²) in [4.78, 5) is 11.6. The highest BCUT2D eigenvalue weighted by Crippen LogP contribution is 2.29. The Balaban J connectivity index is 1.77. The van der Waals surface area contributed by atoms with E-state index in [4.69, 9.17) is 0 Å². The fourth-order valence-electron chi connectivity index (χ4n) is 3.56. The average molecular weight is 274 g/mol. The van der Waals surface area contributed by atoms with Gasteiger partial charge in [-0.2, -0.15) is 0 Å². The third kappa shape index (κ3) is 2.95. The molecule has 4 nitrogen and oxygen atoms in total. The van der Waals surface area contributed by atoms with Crippen LogP contribution in [0.5, 0.6) is 0 Å². The van der Waals surface area contributed by atoms with Crippen molar-refractivity contribution in [2.75, 3.05) is 31.1 Å². The first-order chi connectivity index (χ1) is 9.88. The summed E-state index contributed by atoms with van der Waals surface area (Å²) in [6, 6.07) is 0. The number of anilines is 1. The average Bonchev–Trinajstić information content (AvgIpc) is 2.96. The van der Waals surface area contributed by atoms with Gasteiger partial charge < -0.3 is 10.2 Å². The molecular formula is C16H26N4. The zero-order valence-electron chi connectivity index (χ0n) is 12.6. The molecule has 2 aliphatic rings. The van der Waals surface area contributed by atoms with Crippen LogP contribution in [-0.2, 0) is 12.8 Å². The molecule has 1 aliphatic heterocycles. The summed E-state index contributed by atoms with van der Waals surface area (Å²) in [5.74, 6) is 1.99. The van der Waals surface area contributed by atoms with Crippen LogP contribution in [0.25, 0.3) is 0 Å². The van der Waals surface area contributed by atoms with Crippen molar-refractivity contribution in [3.63, 3.8) is 0 Å². The van der Waals surface area contributed by atoms with Crippen LogP contribution >= 0.6 is 0 Å². The highest BCUT2D eigenvalue weighted by Gasteiger charge is 2.23. The van der Waals surface area contributed by atoms with Gasteiger partial charge >= 0.3 is 0 Å². The largest absolute Gasteiger partial charge is 0.356 e. The van der Waals surface area contributed by atoms with E-state index in [1.807, 2.05) is 0 Å². The second-order valence-corrected chi connectivity index (χ2v) is 6.13. The highest BCUT2D eigenvalue weighted by atomic mass is 15.2. The number of fused-ring (bicyclic) bond motifs is 1. The Morgan fingerprint density at radius 2 is 2.25 bits per heavy atom. The van der Waals surface area contributed by atoms with Gasteiger partial charge in [0.1, 0.15) is 12.1 Å². The number of hydrogen-bond acceptors (Lipinski definition) is 4. The lowest BCUT2D eigenvalue weighted by atomic mass is 9.98. The number of rotatable bonds is 5. The van der Waals surface area contributed by atoms with E-state index in [9.17, 15) is 0 Å². The van der Waals surface area contributed by atoms with Crippen LogP contribution in [0.1, 0.15) is 43.9 Å². The fourth-order valence-corrected chi connectivity index (χ4v) is 3.56. The topological polar surface area (TPSA) is 41.0 Å². The Bertz CT molecular complexity index is 440. The lowest BCUT2D eigenvalue weighted by Gasteiger charge is -2.31. The third-order valence-electron chi connectivity index (χ3n) is 4.52. The molecule has 1 aliphatic carbocycles. The molecular weight excluding hydrogens is 248 g/mol. The van der Waals surface area contributed by atoms with Crippen molar-refractivity contribution in [1.82, 2.24) is 15.3 Å². The van der Waals surface area contributed by atoms with Crippen LogP contribution in [0.15, 0.2) is 6.33 Å². The van der Waals surface area contributed by atoms with Gasteiger partial charge in [0.25, 0.3) is 0 Å². The van der Waals surface area contributed by atoms with E-state index in [1.165, 1.54) is 49.3 Å². The standard InChI is InChI=1S/C16H26N4/c1-2-9-20(11-13-5-4-8-17-10-13)16-14-6-3-7-15(14)18-12-19-16/h12-13,17H,2-11H2,1H3. The van der Waals surface area contributed by atoms with Gasteiger partial charge in [0.2, 0.25) is 0 Å². The molecule has 0 radical (unpaired) electrons. The summed E-state index contributed by atoms with van der Waals surface area (Å²) in [6.07, 6.45) is 9.14. The maximum Gasteiger partial charge on any atom is 0.135 e. The van der Waals surface area contributed by atoms with Crippen LogP contribution in [0.3, 0.4) is 0 Å². The lowest BCUT2D eigenvalue weighted by molar-refractivity contribution is 0.376. The second kappa shape index (κ2) is 6.53. The molecule has 4 heteroatoms. The molecule has 1 unspecified atom stereocenters. The first kappa shape index (κ1) is 13.8. The van der Waals surface area contributed by atoms with Crippen molar-refractivity contribution in [2.24, 2.45) is 5.92 Å². The molecule has 1 N–H and O–H groups in total. The van der Waals surface area contributed by atoms with Gasteiger partial charge in [-0.15, -0.1) is 0 Å². The van der Waals surface area contributed by atoms with Crippen LogP contribution in [0.2, 0.25) is 0 Å². The van der Waals surface area contributed by atoms with E-state index < -0.39 is 0 Å². The molecule has 0 saturated carbocycles. The van der Waals surface area contributed by atoms with Crippen LogP contribution in [-0.4, -0.2) is 36.1 Å². The SMILES string of the molecule is CCCN(CC1CCCNC1)c1ncnc2c1CCC2. The van der Waals surface area contributed by atoms with Crippen LogP contribution in [0.4, 0.5) is 5.82 Å². The molecule has 110 valence electrons. The predicted octanol–water partition coefficient (Wildman–Crippen LogP) is 2.18. The van der Waals surface area contributed by atoms with Gasteiger partial charge in [0.15, 0.2) is 0 Å². The quantitative estimate of drug-likeness (QED) is 0.893. The Hall–Kier alpha value is -1.16. The van der Waals surface area contributed by atoms with Crippen molar-refractivity contribution < 1.29 is 0 Å². The molecule has 3 rings (SSSR count). The van der Waals surface area contributed by atoms with Crippen molar-refractivity contribution in [1.29, 1.82) is 0 Å². The Morgan fingerprint density at radius 1 is 1.30 bits per heavy atom. The fraction of sp³-hybridized carbons (Fsp3) is 0.750. The van der Waals surface area contributed by atoms with Crippen LogP contribution in [0, 0.1) is 5.92 Å². The predicted molar refractivity (Wildman–Crippen MR) is 82.2 cm³/mol. The molecule has 1 saturated heterocycles. The summed E-state index contributed by atoms with van der Waals surface area (Å²) in [5, 5.41) is 3.53. The lowest BCUT2D eigenvalue weighted by Crippen LogP contribution is -2.39. The van der Waals surface area contributed by atoms with Gasteiger partial charge in [0, 0.05) is 24.3 Å². The molecule has 0 bridgehead atoms. The Kier molecular flexibility index (Phi) is 4.51. The normalized spacial score (nSPS) is 21.8. The first-order valence-electron chi connectivity index (χ1n) is 8.17. The summed E-state index contributed by atoms with van der Waals surface area (Å²) in [6.45, 7) is 6.86. The van der Waals surface area contributed by atoms with Crippen molar-refractivity contribution >= 4 is 5.82 Å². The monoisotopic (exact) mass is 274 g/mol. The van der Waals surface area contributed by atoms with E-state index in [2.05, 4.69) is 27.1 Å². The maximum absolute atomic E-state index is 4.63. The van der Waals surface area contributed by atoms with Gasteiger partial charge in [-0.1, -0.05) is 6.92 Å². The van der Waals surface area contributed by atoms with E-state index in [-0.39, 0.29) is 0 Å². The number of nitrogens with one attached hydrogen (secondary N) is 1. The van der Waals surface area contributed by atoms with Gasteiger partial charge in [-0.05, 0) is 57.5 Å². The molecule has 1 aromatic rings. The minimum Gasteiger partial charge on any atom is -0.356 e. The highest BCUT2D eigenvalue weighted by molar-refractivity contribution is 5.50. The smallest absolute Gasteiger partial charge is 0.135 e. The first-order valence-corrected chi connectivity index (χ1v) is 8.17. The molecule has 0 aromatic carbocycles. The Morgan fingerprint density at radius 3 is 3.05 bits per heavy atom. The zero-order chi connectivity index (χ0) is 13.8. The summed E-state index contributed by atoms with van der Waals surface area (Å²) < 4.78 is 0. The van der Waals surface area contributed by atoms with E-state index in [1.54, 1.807) is 6.33 Å². The van der Waals surface area contributed by atoms with Gasteiger partial charge in [-0.25, -0.2) is 9.97 Å². The molecule has 1 atom stereocenters. The summed E-state index contributed by atoms with van der Waals surface area (Å²) in [7, 11) is 0. The summed E-state index contributed by atoms with van der Waals surface area (Å²) >= 11 is 0. The van der Waals surface area contributed by atoms with E-state index >= 15 is 0 Å².